The first-order valence-corrected chi connectivity index (χ1v) is 8.67. The first-order chi connectivity index (χ1) is 12.1. The number of amides is 1. The fraction of sp³-hybridized carbons (Fsp3) is 0.105. The van der Waals surface area contributed by atoms with E-state index in [2.05, 4.69) is 10.1 Å². The van der Waals surface area contributed by atoms with Gasteiger partial charge in [0, 0.05) is 19.4 Å². The number of hydrogen-bond acceptors (Lipinski definition) is 5. The second kappa shape index (κ2) is 7.72. The Bertz CT molecular complexity index is 861. The zero-order valence-corrected chi connectivity index (χ0v) is 14.9. The molecule has 0 bridgehead atoms. The van der Waals surface area contributed by atoms with Crippen molar-refractivity contribution in [1.82, 2.24) is 4.98 Å². The monoisotopic (exact) mass is 350 g/mol. The quantitative estimate of drug-likeness (QED) is 0.509. The number of hydrazone groups is 1. The molecule has 2 aromatic carbocycles. The third-order valence-electron chi connectivity index (χ3n) is 3.52. The van der Waals surface area contributed by atoms with Gasteiger partial charge in [-0.3, -0.25) is 14.7 Å². The van der Waals surface area contributed by atoms with Crippen LogP contribution in [0.15, 0.2) is 71.1 Å². The highest BCUT2D eigenvalue weighted by molar-refractivity contribution is 7.14. The van der Waals surface area contributed by atoms with Crippen LogP contribution >= 0.6 is 11.3 Å². The molecule has 3 aromatic rings. The fourth-order valence-electron chi connectivity index (χ4n) is 2.30. The van der Waals surface area contributed by atoms with Crippen molar-refractivity contribution in [1.29, 1.82) is 0 Å². The fourth-order valence-corrected chi connectivity index (χ4v) is 3.14. The first kappa shape index (κ1) is 16.9. The van der Waals surface area contributed by atoms with Gasteiger partial charge < -0.3 is 0 Å². The number of rotatable bonds is 5. The molecule has 0 radical (unpaired) electrons. The van der Waals surface area contributed by atoms with Gasteiger partial charge in [-0.2, -0.15) is 5.10 Å². The maximum atomic E-state index is 12.1. The molecule has 0 aliphatic rings. The van der Waals surface area contributed by atoms with E-state index in [1.807, 2.05) is 73.1 Å². The predicted octanol–water partition coefficient (Wildman–Crippen LogP) is 4.30. The SMILES string of the molecule is CC(=O)N(c1ccccc1)c1nc(/C=N\N(C)c2ccccc2)cs1. The number of thiazole rings is 1. The summed E-state index contributed by atoms with van der Waals surface area (Å²) < 4.78 is 0. The highest BCUT2D eigenvalue weighted by atomic mass is 32.1. The van der Waals surface area contributed by atoms with E-state index in [1.54, 1.807) is 16.1 Å². The average Bonchev–Trinajstić information content (AvgIpc) is 3.09. The van der Waals surface area contributed by atoms with Crippen LogP contribution in [0.5, 0.6) is 0 Å². The molecule has 0 spiro atoms. The second-order valence-electron chi connectivity index (χ2n) is 5.35. The van der Waals surface area contributed by atoms with E-state index in [-0.39, 0.29) is 5.91 Å². The van der Waals surface area contributed by atoms with Gasteiger partial charge in [-0.25, -0.2) is 4.98 Å². The van der Waals surface area contributed by atoms with Crippen LogP contribution in [0.2, 0.25) is 0 Å². The van der Waals surface area contributed by atoms with Crippen molar-refractivity contribution in [2.75, 3.05) is 17.0 Å². The lowest BCUT2D eigenvalue weighted by Crippen LogP contribution is -2.22. The zero-order valence-electron chi connectivity index (χ0n) is 14.0. The van der Waals surface area contributed by atoms with Gasteiger partial charge in [-0.05, 0) is 24.3 Å². The molecule has 0 atom stereocenters. The largest absolute Gasteiger partial charge is 0.274 e. The summed E-state index contributed by atoms with van der Waals surface area (Å²) in [6, 6.07) is 19.4. The van der Waals surface area contributed by atoms with Crippen molar-refractivity contribution in [3.8, 4) is 0 Å². The van der Waals surface area contributed by atoms with Gasteiger partial charge in [-0.15, -0.1) is 11.3 Å². The van der Waals surface area contributed by atoms with E-state index in [9.17, 15) is 4.79 Å². The van der Waals surface area contributed by atoms with Gasteiger partial charge in [0.15, 0.2) is 5.13 Å². The van der Waals surface area contributed by atoms with Gasteiger partial charge >= 0.3 is 0 Å². The molecule has 0 aliphatic heterocycles. The van der Waals surface area contributed by atoms with Crippen molar-refractivity contribution >= 4 is 40.0 Å². The summed E-state index contributed by atoms with van der Waals surface area (Å²) >= 11 is 1.41. The summed E-state index contributed by atoms with van der Waals surface area (Å²) in [5.41, 5.74) is 2.50. The molecule has 25 heavy (non-hydrogen) atoms. The van der Waals surface area contributed by atoms with Crippen LogP contribution in [0.4, 0.5) is 16.5 Å². The number of para-hydroxylation sites is 2. The van der Waals surface area contributed by atoms with Crippen LogP contribution in [-0.4, -0.2) is 24.2 Å². The van der Waals surface area contributed by atoms with Gasteiger partial charge in [0.25, 0.3) is 0 Å². The maximum Gasteiger partial charge on any atom is 0.230 e. The van der Waals surface area contributed by atoms with E-state index in [0.29, 0.717) is 10.8 Å². The molecule has 1 aromatic heterocycles. The van der Waals surface area contributed by atoms with Crippen molar-refractivity contribution in [3.05, 3.63) is 71.7 Å². The Balaban J connectivity index is 1.79. The third kappa shape index (κ3) is 4.10. The van der Waals surface area contributed by atoms with Crippen molar-refractivity contribution in [2.45, 2.75) is 6.92 Å². The Hall–Kier alpha value is -2.99. The van der Waals surface area contributed by atoms with Gasteiger partial charge in [0.1, 0.15) is 0 Å². The standard InChI is InChI=1S/C19H18N4OS/c1-15(24)23(18-11-7-4-8-12-18)19-21-16(14-25-19)13-20-22(2)17-9-5-3-6-10-17/h3-14H,1-2H3/b20-13-. The Kier molecular flexibility index (Phi) is 5.20. The third-order valence-corrected chi connectivity index (χ3v) is 4.37. The van der Waals surface area contributed by atoms with Crippen LogP contribution in [0, 0.1) is 0 Å². The minimum Gasteiger partial charge on any atom is -0.274 e. The molecule has 5 nitrogen and oxygen atoms in total. The summed E-state index contributed by atoms with van der Waals surface area (Å²) in [5.74, 6) is -0.0783. The van der Waals surface area contributed by atoms with E-state index in [1.165, 1.54) is 18.3 Å². The zero-order chi connectivity index (χ0) is 17.6. The number of anilines is 3. The number of carbonyl (C=O) groups is 1. The van der Waals surface area contributed by atoms with Crippen LogP contribution in [0.25, 0.3) is 0 Å². The molecule has 0 saturated heterocycles. The molecule has 0 fully saturated rings. The number of hydrogen-bond donors (Lipinski definition) is 0. The lowest BCUT2D eigenvalue weighted by Gasteiger charge is -2.17. The number of carbonyl (C=O) groups excluding carboxylic acids is 1. The molecule has 1 amide bonds. The molecule has 0 N–H and O–H groups in total. The smallest absolute Gasteiger partial charge is 0.230 e. The van der Waals surface area contributed by atoms with Crippen molar-refractivity contribution < 1.29 is 4.79 Å². The molecular weight excluding hydrogens is 332 g/mol. The normalized spacial score (nSPS) is 10.8. The van der Waals surface area contributed by atoms with E-state index >= 15 is 0 Å². The molecule has 6 heteroatoms. The number of nitrogens with zero attached hydrogens (tertiary/aromatic N) is 4. The summed E-state index contributed by atoms with van der Waals surface area (Å²) in [6.45, 7) is 1.53. The number of benzene rings is 2. The summed E-state index contributed by atoms with van der Waals surface area (Å²) in [4.78, 5) is 18.2. The lowest BCUT2D eigenvalue weighted by molar-refractivity contribution is -0.115. The Morgan fingerprint density at radius 1 is 1.04 bits per heavy atom. The minimum atomic E-state index is -0.0783. The highest BCUT2D eigenvalue weighted by Gasteiger charge is 2.17. The Morgan fingerprint density at radius 3 is 2.24 bits per heavy atom. The second-order valence-corrected chi connectivity index (χ2v) is 6.19. The summed E-state index contributed by atoms with van der Waals surface area (Å²) in [5, 5.41) is 8.69. The van der Waals surface area contributed by atoms with Gasteiger partial charge in [0.2, 0.25) is 5.91 Å². The van der Waals surface area contributed by atoms with E-state index < -0.39 is 0 Å². The molecule has 3 rings (SSSR count). The van der Waals surface area contributed by atoms with E-state index in [0.717, 1.165) is 11.4 Å². The van der Waals surface area contributed by atoms with Crippen LogP contribution in [0.3, 0.4) is 0 Å². The maximum absolute atomic E-state index is 12.1. The Morgan fingerprint density at radius 2 is 1.64 bits per heavy atom. The minimum absolute atomic E-state index is 0.0783. The van der Waals surface area contributed by atoms with E-state index in [4.69, 9.17) is 0 Å². The Labute approximate surface area is 150 Å². The predicted molar refractivity (Wildman–Crippen MR) is 104 cm³/mol. The molecule has 1 heterocycles. The topological polar surface area (TPSA) is 48.8 Å². The van der Waals surface area contributed by atoms with Crippen LogP contribution in [-0.2, 0) is 4.79 Å². The lowest BCUT2D eigenvalue weighted by atomic mass is 10.3. The average molecular weight is 350 g/mol. The summed E-state index contributed by atoms with van der Waals surface area (Å²) in [6.07, 6.45) is 1.69. The molecule has 0 aliphatic carbocycles. The highest BCUT2D eigenvalue weighted by Crippen LogP contribution is 2.28. The molecule has 126 valence electrons. The summed E-state index contributed by atoms with van der Waals surface area (Å²) in [7, 11) is 1.88. The molecule has 0 unspecified atom stereocenters. The van der Waals surface area contributed by atoms with Gasteiger partial charge in [0.05, 0.1) is 23.3 Å². The number of aromatic nitrogens is 1. The van der Waals surface area contributed by atoms with Crippen LogP contribution < -0.4 is 9.91 Å². The molecular formula is C19H18N4OS. The van der Waals surface area contributed by atoms with Crippen molar-refractivity contribution in [2.24, 2.45) is 5.10 Å². The van der Waals surface area contributed by atoms with Gasteiger partial charge in [-0.1, -0.05) is 36.4 Å². The van der Waals surface area contributed by atoms with Crippen molar-refractivity contribution in [3.63, 3.8) is 0 Å². The van der Waals surface area contributed by atoms with Crippen LogP contribution in [0.1, 0.15) is 12.6 Å². The molecule has 0 saturated carbocycles. The first-order valence-electron chi connectivity index (χ1n) is 7.79.